The monoisotopic (exact) mass is 284 g/mol. The van der Waals surface area contributed by atoms with Crippen LogP contribution in [0.25, 0.3) is 0 Å². The van der Waals surface area contributed by atoms with Crippen molar-refractivity contribution in [3.05, 3.63) is 0 Å². The van der Waals surface area contributed by atoms with Gasteiger partial charge in [-0.25, -0.2) is 0 Å². The van der Waals surface area contributed by atoms with Gasteiger partial charge in [-0.3, -0.25) is 4.79 Å². The van der Waals surface area contributed by atoms with Crippen LogP contribution in [0.2, 0.25) is 0 Å². The van der Waals surface area contributed by atoms with E-state index in [0.717, 1.165) is 12.8 Å². The van der Waals surface area contributed by atoms with E-state index in [1.165, 1.54) is 70.6 Å². The van der Waals surface area contributed by atoms with Gasteiger partial charge < -0.3 is 5.11 Å². The predicted octanol–water partition coefficient (Wildman–Crippen LogP) is 5.42. The van der Waals surface area contributed by atoms with Gasteiger partial charge in [0.15, 0.2) is 5.78 Å². The lowest BCUT2D eigenvalue weighted by Crippen LogP contribution is -2.15. The Bertz CT molecular complexity index is 211. The van der Waals surface area contributed by atoms with Crippen molar-refractivity contribution in [1.82, 2.24) is 0 Å². The van der Waals surface area contributed by atoms with Crippen molar-refractivity contribution in [1.29, 1.82) is 0 Å². The minimum absolute atomic E-state index is 0.00641. The van der Waals surface area contributed by atoms with Crippen molar-refractivity contribution >= 4 is 5.78 Å². The Labute approximate surface area is 126 Å². The number of carbonyl (C=O) groups excluding carboxylic acids is 1. The molecule has 0 amide bonds. The second-order valence-corrected chi connectivity index (χ2v) is 6.13. The van der Waals surface area contributed by atoms with Crippen LogP contribution < -0.4 is 0 Å². The minimum Gasteiger partial charge on any atom is -0.386 e. The second kappa shape index (κ2) is 15.0. The first-order valence-electron chi connectivity index (χ1n) is 8.89. The summed E-state index contributed by atoms with van der Waals surface area (Å²) in [4.78, 5) is 11.2. The van der Waals surface area contributed by atoms with Gasteiger partial charge in [0.05, 0.1) is 0 Å². The van der Waals surface area contributed by atoms with E-state index in [1.54, 1.807) is 6.92 Å². The number of hydrogen-bond donors (Lipinski definition) is 1. The van der Waals surface area contributed by atoms with Gasteiger partial charge in [-0.1, -0.05) is 84.0 Å². The number of carbonyl (C=O) groups is 1. The van der Waals surface area contributed by atoms with Gasteiger partial charge in [-0.15, -0.1) is 0 Å². The standard InChI is InChI=1S/C18H36O2/c1-3-4-5-6-7-8-9-10-11-12-13-14-15-16-18(20)17(2)19/h17,19H,3-16H2,1-2H3. The van der Waals surface area contributed by atoms with Crippen LogP contribution in [0.4, 0.5) is 0 Å². The van der Waals surface area contributed by atoms with Crippen molar-refractivity contribution in [2.75, 3.05) is 0 Å². The average Bonchev–Trinajstić information content (AvgIpc) is 2.43. The first kappa shape index (κ1) is 19.6. The maximum Gasteiger partial charge on any atom is 0.160 e. The fourth-order valence-corrected chi connectivity index (χ4v) is 2.53. The highest BCUT2D eigenvalue weighted by Crippen LogP contribution is 2.13. The summed E-state index contributed by atoms with van der Waals surface area (Å²) in [7, 11) is 0. The molecule has 2 nitrogen and oxygen atoms in total. The molecule has 0 radical (unpaired) electrons. The number of aliphatic hydroxyl groups excluding tert-OH is 1. The highest BCUT2D eigenvalue weighted by Gasteiger charge is 2.07. The average molecular weight is 284 g/mol. The predicted molar refractivity (Wildman–Crippen MR) is 87.0 cm³/mol. The maximum atomic E-state index is 11.2. The lowest BCUT2D eigenvalue weighted by Gasteiger charge is -2.04. The Balaban J connectivity index is 3.04. The fourth-order valence-electron chi connectivity index (χ4n) is 2.53. The molecule has 1 unspecified atom stereocenters. The van der Waals surface area contributed by atoms with Crippen LogP contribution in [-0.2, 0) is 4.79 Å². The number of Topliss-reactive ketones (excluding diaryl/α,β-unsaturated/α-hetero) is 1. The van der Waals surface area contributed by atoms with E-state index in [9.17, 15) is 4.79 Å². The quantitative estimate of drug-likeness (QED) is 0.408. The van der Waals surface area contributed by atoms with Crippen molar-refractivity contribution < 1.29 is 9.90 Å². The van der Waals surface area contributed by atoms with Gasteiger partial charge in [0.25, 0.3) is 0 Å². The number of hydrogen-bond acceptors (Lipinski definition) is 2. The van der Waals surface area contributed by atoms with Gasteiger partial charge in [0.1, 0.15) is 6.10 Å². The summed E-state index contributed by atoms with van der Waals surface area (Å²) in [5.41, 5.74) is 0. The molecule has 2 heteroatoms. The van der Waals surface area contributed by atoms with E-state index in [1.807, 2.05) is 0 Å². The third-order valence-corrected chi connectivity index (χ3v) is 3.99. The molecule has 0 bridgehead atoms. The highest BCUT2D eigenvalue weighted by molar-refractivity contribution is 5.82. The molecule has 0 fully saturated rings. The van der Waals surface area contributed by atoms with Crippen LogP contribution in [0.3, 0.4) is 0 Å². The SMILES string of the molecule is CCCCCCCCCCCCCCCC(=O)C(C)O. The molecular weight excluding hydrogens is 248 g/mol. The van der Waals surface area contributed by atoms with E-state index in [2.05, 4.69) is 6.92 Å². The molecule has 0 aromatic rings. The molecule has 0 aliphatic rings. The molecule has 0 spiro atoms. The van der Waals surface area contributed by atoms with Crippen molar-refractivity contribution in [2.24, 2.45) is 0 Å². The van der Waals surface area contributed by atoms with Crippen LogP contribution in [0.5, 0.6) is 0 Å². The smallest absolute Gasteiger partial charge is 0.160 e. The van der Waals surface area contributed by atoms with Crippen molar-refractivity contribution in [3.63, 3.8) is 0 Å². The Morgan fingerprint density at radius 2 is 1.10 bits per heavy atom. The van der Waals surface area contributed by atoms with Crippen molar-refractivity contribution in [3.8, 4) is 0 Å². The third kappa shape index (κ3) is 14.0. The van der Waals surface area contributed by atoms with Gasteiger partial charge >= 0.3 is 0 Å². The van der Waals surface area contributed by atoms with Crippen LogP contribution in [-0.4, -0.2) is 17.0 Å². The molecule has 20 heavy (non-hydrogen) atoms. The summed E-state index contributed by atoms with van der Waals surface area (Å²) in [5.74, 6) is -0.00641. The zero-order valence-electron chi connectivity index (χ0n) is 13.8. The van der Waals surface area contributed by atoms with Gasteiger partial charge in [0.2, 0.25) is 0 Å². The molecule has 1 N–H and O–H groups in total. The third-order valence-electron chi connectivity index (χ3n) is 3.99. The summed E-state index contributed by atoms with van der Waals surface area (Å²) in [6, 6.07) is 0. The lowest BCUT2D eigenvalue weighted by atomic mass is 10.0. The molecule has 1 atom stereocenters. The Morgan fingerprint density at radius 3 is 1.45 bits per heavy atom. The Kier molecular flexibility index (Phi) is 14.7. The van der Waals surface area contributed by atoms with Crippen LogP contribution in [0, 0.1) is 0 Å². The number of ketones is 1. The van der Waals surface area contributed by atoms with Crippen LogP contribution in [0.15, 0.2) is 0 Å². The zero-order valence-corrected chi connectivity index (χ0v) is 13.8. The highest BCUT2D eigenvalue weighted by atomic mass is 16.3. The lowest BCUT2D eigenvalue weighted by molar-refractivity contribution is -0.126. The Hall–Kier alpha value is -0.370. The largest absolute Gasteiger partial charge is 0.386 e. The first-order chi connectivity index (χ1) is 9.68. The molecule has 0 aliphatic carbocycles. The fraction of sp³-hybridized carbons (Fsp3) is 0.944. The number of unbranched alkanes of at least 4 members (excludes halogenated alkanes) is 12. The van der Waals surface area contributed by atoms with Crippen molar-refractivity contribution in [2.45, 2.75) is 110 Å². The van der Waals surface area contributed by atoms with Crippen LogP contribution in [0.1, 0.15) is 104 Å². The zero-order chi connectivity index (χ0) is 15.1. The molecule has 0 saturated heterocycles. The maximum absolute atomic E-state index is 11.2. The summed E-state index contributed by atoms with van der Waals surface area (Å²) in [6.07, 6.45) is 16.9. The normalized spacial score (nSPS) is 12.6. The van der Waals surface area contributed by atoms with E-state index < -0.39 is 6.10 Å². The number of aliphatic hydroxyl groups is 1. The van der Waals surface area contributed by atoms with Gasteiger partial charge in [0, 0.05) is 6.42 Å². The summed E-state index contributed by atoms with van der Waals surface area (Å²) >= 11 is 0. The van der Waals surface area contributed by atoms with E-state index >= 15 is 0 Å². The number of rotatable bonds is 15. The van der Waals surface area contributed by atoms with E-state index in [4.69, 9.17) is 5.11 Å². The van der Waals surface area contributed by atoms with Crippen LogP contribution >= 0.6 is 0 Å². The minimum atomic E-state index is -0.771. The van der Waals surface area contributed by atoms with Gasteiger partial charge in [-0.2, -0.15) is 0 Å². The second-order valence-electron chi connectivity index (χ2n) is 6.13. The molecule has 0 rings (SSSR count). The topological polar surface area (TPSA) is 37.3 Å². The van der Waals surface area contributed by atoms with E-state index in [0.29, 0.717) is 6.42 Å². The molecule has 120 valence electrons. The summed E-state index contributed by atoms with van der Waals surface area (Å²) < 4.78 is 0. The molecule has 0 saturated carbocycles. The molecule has 0 heterocycles. The molecule has 0 aromatic carbocycles. The summed E-state index contributed by atoms with van der Waals surface area (Å²) in [6.45, 7) is 3.82. The molecule has 0 aliphatic heterocycles. The van der Waals surface area contributed by atoms with Gasteiger partial charge in [-0.05, 0) is 13.3 Å². The first-order valence-corrected chi connectivity index (χ1v) is 8.89. The molecule has 0 aromatic heterocycles. The summed E-state index contributed by atoms with van der Waals surface area (Å²) in [5, 5.41) is 9.06. The Morgan fingerprint density at radius 1 is 0.750 bits per heavy atom. The molecular formula is C18H36O2. The van der Waals surface area contributed by atoms with E-state index in [-0.39, 0.29) is 5.78 Å².